The van der Waals surface area contributed by atoms with Gasteiger partial charge >= 0.3 is 0 Å². The summed E-state index contributed by atoms with van der Waals surface area (Å²) in [5, 5.41) is 9.32. The molecule has 0 aliphatic heterocycles. The van der Waals surface area contributed by atoms with E-state index in [0.29, 0.717) is 6.54 Å². The van der Waals surface area contributed by atoms with E-state index in [1.165, 1.54) is 10.6 Å². The molecule has 0 radical (unpaired) electrons. The molecule has 16 heavy (non-hydrogen) atoms. The maximum atomic E-state index is 11.6. The molecule has 2 rings (SSSR count). The normalized spacial score (nSPS) is 16.6. The Hall–Kier alpha value is -1.07. The summed E-state index contributed by atoms with van der Waals surface area (Å²) in [5.74, 6) is 0.168. The van der Waals surface area contributed by atoms with Gasteiger partial charge in [-0.15, -0.1) is 0 Å². The summed E-state index contributed by atoms with van der Waals surface area (Å²) in [5.41, 5.74) is 0.817. The second kappa shape index (κ2) is 4.07. The molecule has 0 amide bonds. The topological polar surface area (TPSA) is 57.6 Å². The third-order valence-electron chi connectivity index (χ3n) is 2.63. The second-order valence-electron chi connectivity index (χ2n) is 4.21. The highest BCUT2D eigenvalue weighted by atomic mass is 32.2. The molecular weight excluding hydrogens is 226 g/mol. The molecule has 0 heterocycles. The quantitative estimate of drug-likeness (QED) is 0.864. The van der Waals surface area contributed by atoms with E-state index in [4.69, 9.17) is 0 Å². The fourth-order valence-corrected chi connectivity index (χ4v) is 2.85. The van der Waals surface area contributed by atoms with E-state index in [-0.39, 0.29) is 11.8 Å². The van der Waals surface area contributed by atoms with E-state index in [0.717, 1.165) is 18.4 Å². The maximum Gasteiger partial charge on any atom is 0.211 e. The van der Waals surface area contributed by atoms with Gasteiger partial charge in [0.05, 0.1) is 6.26 Å². The van der Waals surface area contributed by atoms with Gasteiger partial charge in [0.25, 0.3) is 0 Å². The molecule has 5 heteroatoms. The summed E-state index contributed by atoms with van der Waals surface area (Å²) in [7, 11) is -3.16. The number of aromatic hydroxyl groups is 1. The third kappa shape index (κ3) is 2.74. The minimum Gasteiger partial charge on any atom is -0.508 e. The van der Waals surface area contributed by atoms with Crippen molar-refractivity contribution in [1.82, 2.24) is 4.31 Å². The van der Waals surface area contributed by atoms with E-state index in [1.807, 2.05) is 6.07 Å². The second-order valence-corrected chi connectivity index (χ2v) is 6.14. The Labute approximate surface area is 95.6 Å². The van der Waals surface area contributed by atoms with Crippen LogP contribution in [-0.4, -0.2) is 30.1 Å². The van der Waals surface area contributed by atoms with Crippen LogP contribution in [0.1, 0.15) is 18.4 Å². The van der Waals surface area contributed by atoms with Gasteiger partial charge in [0.1, 0.15) is 5.75 Å². The number of rotatable bonds is 4. The predicted molar refractivity (Wildman–Crippen MR) is 61.5 cm³/mol. The lowest BCUT2D eigenvalue weighted by molar-refractivity contribution is 0.401. The summed E-state index contributed by atoms with van der Waals surface area (Å²) in [6.07, 6.45) is 3.10. The standard InChI is InChI=1S/C11H15NO3S/c1-16(14,15)12(10-5-6-10)8-9-3-2-4-11(13)7-9/h2-4,7,10,13H,5-6,8H2,1H3. The first-order chi connectivity index (χ1) is 7.47. The van der Waals surface area contributed by atoms with E-state index in [2.05, 4.69) is 0 Å². The third-order valence-corrected chi connectivity index (χ3v) is 3.91. The fraction of sp³-hybridized carbons (Fsp3) is 0.455. The van der Waals surface area contributed by atoms with Crippen LogP contribution in [-0.2, 0) is 16.6 Å². The van der Waals surface area contributed by atoms with E-state index in [1.54, 1.807) is 18.2 Å². The zero-order valence-electron chi connectivity index (χ0n) is 9.13. The van der Waals surface area contributed by atoms with Gasteiger partial charge in [-0.05, 0) is 30.5 Å². The Balaban J connectivity index is 2.18. The molecule has 0 bridgehead atoms. The van der Waals surface area contributed by atoms with Crippen molar-refractivity contribution in [3.05, 3.63) is 29.8 Å². The van der Waals surface area contributed by atoms with Gasteiger partial charge in [-0.3, -0.25) is 0 Å². The first-order valence-electron chi connectivity index (χ1n) is 5.21. The maximum absolute atomic E-state index is 11.6. The van der Waals surface area contributed by atoms with Gasteiger partial charge in [0, 0.05) is 12.6 Å². The Kier molecular flexibility index (Phi) is 2.90. The molecule has 4 nitrogen and oxygen atoms in total. The van der Waals surface area contributed by atoms with Crippen molar-refractivity contribution in [1.29, 1.82) is 0 Å². The summed E-state index contributed by atoms with van der Waals surface area (Å²) in [6.45, 7) is 0.345. The molecule has 88 valence electrons. The number of hydrogen-bond acceptors (Lipinski definition) is 3. The van der Waals surface area contributed by atoms with Crippen LogP contribution < -0.4 is 0 Å². The van der Waals surface area contributed by atoms with Crippen molar-refractivity contribution >= 4 is 10.0 Å². The monoisotopic (exact) mass is 241 g/mol. The SMILES string of the molecule is CS(=O)(=O)N(Cc1cccc(O)c1)C1CC1. The number of phenols is 1. The van der Waals surface area contributed by atoms with E-state index >= 15 is 0 Å². The zero-order valence-corrected chi connectivity index (χ0v) is 9.94. The lowest BCUT2D eigenvalue weighted by Crippen LogP contribution is -2.31. The Bertz CT molecular complexity index is 480. The fourth-order valence-electron chi connectivity index (χ4n) is 1.71. The van der Waals surface area contributed by atoms with Crippen LogP contribution in [0.3, 0.4) is 0 Å². The minimum absolute atomic E-state index is 0.150. The molecule has 0 unspecified atom stereocenters. The van der Waals surface area contributed by atoms with Crippen LogP contribution in [0.4, 0.5) is 0 Å². The summed E-state index contributed by atoms with van der Waals surface area (Å²) in [4.78, 5) is 0. The number of benzene rings is 1. The van der Waals surface area contributed by atoms with Crippen LogP contribution >= 0.6 is 0 Å². The number of nitrogens with zero attached hydrogens (tertiary/aromatic N) is 1. The first kappa shape index (κ1) is 11.4. The van der Waals surface area contributed by atoms with E-state index in [9.17, 15) is 13.5 Å². The molecule has 1 fully saturated rings. The summed E-state index contributed by atoms with van der Waals surface area (Å²) in [6, 6.07) is 6.86. The van der Waals surface area contributed by atoms with Crippen LogP contribution in [0.2, 0.25) is 0 Å². The Morgan fingerprint density at radius 1 is 1.44 bits per heavy atom. The van der Waals surface area contributed by atoms with E-state index < -0.39 is 10.0 Å². The van der Waals surface area contributed by atoms with Crippen molar-refractivity contribution in [2.24, 2.45) is 0 Å². The van der Waals surface area contributed by atoms with Crippen molar-refractivity contribution in [3.63, 3.8) is 0 Å². The number of phenolic OH excluding ortho intramolecular Hbond substituents is 1. The van der Waals surface area contributed by atoms with Crippen molar-refractivity contribution in [2.75, 3.05) is 6.26 Å². The molecule has 0 atom stereocenters. The molecular formula is C11H15NO3S. The molecule has 1 aliphatic carbocycles. The summed E-state index contributed by atoms with van der Waals surface area (Å²) < 4.78 is 24.6. The average molecular weight is 241 g/mol. The van der Waals surface area contributed by atoms with Gasteiger partial charge < -0.3 is 5.11 Å². The van der Waals surface area contributed by atoms with Crippen LogP contribution in [0, 0.1) is 0 Å². The molecule has 1 aromatic carbocycles. The molecule has 0 saturated heterocycles. The van der Waals surface area contributed by atoms with Gasteiger partial charge in [0.2, 0.25) is 10.0 Å². The first-order valence-corrected chi connectivity index (χ1v) is 7.06. The largest absolute Gasteiger partial charge is 0.508 e. The lowest BCUT2D eigenvalue weighted by atomic mass is 10.2. The molecule has 1 aliphatic rings. The van der Waals surface area contributed by atoms with Crippen molar-refractivity contribution in [3.8, 4) is 5.75 Å². The highest BCUT2D eigenvalue weighted by molar-refractivity contribution is 7.88. The van der Waals surface area contributed by atoms with Crippen LogP contribution in [0.25, 0.3) is 0 Å². The molecule has 1 N–H and O–H groups in total. The van der Waals surface area contributed by atoms with Gasteiger partial charge in [-0.1, -0.05) is 12.1 Å². The highest BCUT2D eigenvalue weighted by Gasteiger charge is 2.34. The van der Waals surface area contributed by atoms with Crippen LogP contribution in [0.15, 0.2) is 24.3 Å². The van der Waals surface area contributed by atoms with Crippen molar-refractivity contribution in [2.45, 2.75) is 25.4 Å². The number of hydrogen-bond donors (Lipinski definition) is 1. The molecule has 1 aromatic rings. The average Bonchev–Trinajstić information content (AvgIpc) is 2.95. The van der Waals surface area contributed by atoms with Gasteiger partial charge in [0.15, 0.2) is 0 Å². The molecule has 1 saturated carbocycles. The minimum atomic E-state index is -3.16. The molecule has 0 spiro atoms. The highest BCUT2D eigenvalue weighted by Crippen LogP contribution is 2.30. The lowest BCUT2D eigenvalue weighted by Gasteiger charge is -2.19. The summed E-state index contributed by atoms with van der Waals surface area (Å²) >= 11 is 0. The number of sulfonamides is 1. The Morgan fingerprint density at radius 3 is 2.62 bits per heavy atom. The van der Waals surface area contributed by atoms with Gasteiger partial charge in [-0.2, -0.15) is 4.31 Å². The smallest absolute Gasteiger partial charge is 0.211 e. The predicted octanol–water partition coefficient (Wildman–Crippen LogP) is 1.32. The van der Waals surface area contributed by atoms with Crippen molar-refractivity contribution < 1.29 is 13.5 Å². The Morgan fingerprint density at radius 2 is 2.12 bits per heavy atom. The van der Waals surface area contributed by atoms with Crippen LogP contribution in [0.5, 0.6) is 5.75 Å². The zero-order chi connectivity index (χ0) is 11.8. The van der Waals surface area contributed by atoms with Gasteiger partial charge in [-0.25, -0.2) is 8.42 Å². The molecule has 0 aromatic heterocycles.